The largest absolute Gasteiger partial charge is 0.412 e. The van der Waals surface area contributed by atoms with Crippen molar-refractivity contribution in [2.75, 3.05) is 5.32 Å². The summed E-state index contributed by atoms with van der Waals surface area (Å²) < 4.78 is 82.1. The highest BCUT2D eigenvalue weighted by Gasteiger charge is 2.74. The molecule has 28 heavy (non-hydrogen) atoms. The first kappa shape index (κ1) is 21.6. The van der Waals surface area contributed by atoms with Crippen molar-refractivity contribution >= 4 is 11.6 Å². The molecule has 0 spiro atoms. The van der Waals surface area contributed by atoms with Gasteiger partial charge >= 0.3 is 12.4 Å². The van der Waals surface area contributed by atoms with E-state index in [9.17, 15) is 35.9 Å². The van der Waals surface area contributed by atoms with Crippen LogP contribution in [0.5, 0.6) is 0 Å². The van der Waals surface area contributed by atoms with Crippen molar-refractivity contribution in [3.05, 3.63) is 46.4 Å². The summed E-state index contributed by atoms with van der Waals surface area (Å²) in [5.41, 5.74) is -5.91. The number of hydrogen-bond acceptors (Lipinski definition) is 2. The van der Waals surface area contributed by atoms with Crippen molar-refractivity contribution in [2.45, 2.75) is 32.6 Å². The summed E-state index contributed by atoms with van der Waals surface area (Å²) in [7, 11) is 1.39. The highest BCUT2D eigenvalue weighted by molar-refractivity contribution is 5.97. The Hall–Kier alpha value is -2.72. The summed E-state index contributed by atoms with van der Waals surface area (Å²) >= 11 is 0. The minimum atomic E-state index is -5.90. The Balaban J connectivity index is 2.60. The third kappa shape index (κ3) is 3.18. The van der Waals surface area contributed by atoms with Crippen molar-refractivity contribution in [2.24, 2.45) is 12.5 Å². The molecule has 0 saturated carbocycles. The van der Waals surface area contributed by atoms with Crippen molar-refractivity contribution < 1.29 is 31.1 Å². The van der Waals surface area contributed by atoms with E-state index in [4.69, 9.17) is 0 Å². The second-order valence-electron chi connectivity index (χ2n) is 6.15. The van der Waals surface area contributed by atoms with Gasteiger partial charge in [-0.3, -0.25) is 14.3 Å². The van der Waals surface area contributed by atoms with Crippen LogP contribution in [0, 0.1) is 12.3 Å². The molecule has 0 unspecified atom stereocenters. The zero-order chi connectivity index (χ0) is 21.5. The number of carbonyl (C=O) groups is 1. The van der Waals surface area contributed by atoms with Gasteiger partial charge in [0.2, 0.25) is 11.3 Å². The van der Waals surface area contributed by atoms with Gasteiger partial charge in [0, 0.05) is 7.05 Å². The summed E-state index contributed by atoms with van der Waals surface area (Å²) in [5, 5.41) is 1.58. The zero-order valence-corrected chi connectivity index (χ0v) is 15.1. The fraction of sp³-hybridized carbons (Fsp3) is 0.412. The molecular formula is C17H17F6N3O2. The molecule has 0 bridgehead atoms. The number of anilines is 1. The van der Waals surface area contributed by atoms with Gasteiger partial charge in [0.05, 0.1) is 11.4 Å². The number of rotatable bonds is 4. The molecule has 1 aromatic carbocycles. The maximum atomic E-state index is 13.3. The number of benzene rings is 1. The molecule has 0 aliphatic rings. The molecule has 1 amide bonds. The minimum absolute atomic E-state index is 0.00319. The van der Waals surface area contributed by atoms with Crippen molar-refractivity contribution in [3.8, 4) is 5.69 Å². The number of amides is 1. The van der Waals surface area contributed by atoms with Crippen LogP contribution in [0.15, 0.2) is 35.1 Å². The Morgan fingerprint density at radius 2 is 1.54 bits per heavy atom. The van der Waals surface area contributed by atoms with Gasteiger partial charge in [-0.1, -0.05) is 25.1 Å². The maximum Gasteiger partial charge on any atom is 0.412 e. The van der Waals surface area contributed by atoms with Crippen LogP contribution in [0.3, 0.4) is 0 Å². The number of hydrogen-bond donors (Lipinski definition) is 1. The lowest BCUT2D eigenvalue weighted by Gasteiger charge is -2.34. The first-order valence-corrected chi connectivity index (χ1v) is 8.08. The third-order valence-electron chi connectivity index (χ3n) is 4.68. The highest BCUT2D eigenvalue weighted by Crippen LogP contribution is 2.53. The topological polar surface area (TPSA) is 56.0 Å². The Labute approximate surface area is 155 Å². The summed E-state index contributed by atoms with van der Waals surface area (Å²) in [5.74, 6) is -2.35. The van der Waals surface area contributed by atoms with E-state index in [1.54, 1.807) is 23.5 Å². The monoisotopic (exact) mass is 409 g/mol. The number of aromatic nitrogens is 2. The number of nitrogens with zero attached hydrogens (tertiary/aromatic N) is 2. The van der Waals surface area contributed by atoms with Crippen LogP contribution in [0.1, 0.15) is 19.0 Å². The first-order valence-electron chi connectivity index (χ1n) is 8.08. The Bertz CT molecular complexity index is 911. The van der Waals surface area contributed by atoms with Gasteiger partial charge in [-0.25, -0.2) is 4.68 Å². The minimum Gasteiger partial charge on any atom is -0.319 e. The number of halogens is 6. The summed E-state index contributed by atoms with van der Waals surface area (Å²) in [6.45, 7) is 1.91. The molecule has 1 heterocycles. The van der Waals surface area contributed by atoms with Crippen LogP contribution >= 0.6 is 0 Å². The molecule has 0 aliphatic carbocycles. The van der Waals surface area contributed by atoms with Crippen molar-refractivity contribution in [3.63, 3.8) is 0 Å². The second-order valence-corrected chi connectivity index (χ2v) is 6.15. The van der Waals surface area contributed by atoms with Crippen LogP contribution in [-0.4, -0.2) is 27.6 Å². The van der Waals surface area contributed by atoms with Gasteiger partial charge in [-0.05, 0) is 25.5 Å². The molecule has 2 aromatic rings. The normalized spacial score (nSPS) is 12.9. The van der Waals surface area contributed by atoms with Crippen LogP contribution < -0.4 is 10.9 Å². The van der Waals surface area contributed by atoms with Gasteiger partial charge in [-0.15, -0.1) is 0 Å². The molecule has 0 atom stereocenters. The fourth-order valence-electron chi connectivity index (χ4n) is 2.91. The van der Waals surface area contributed by atoms with E-state index in [2.05, 4.69) is 0 Å². The molecule has 2 rings (SSSR count). The molecule has 154 valence electrons. The maximum absolute atomic E-state index is 13.3. The summed E-state index contributed by atoms with van der Waals surface area (Å²) in [6, 6.07) is 7.90. The standard InChI is InChI=1S/C17H17F6N3O2/c1-4-15(16(18,19)20,17(21,22)23)14(28)24-12-10(2)25(3)26(13(12)27)11-8-6-5-7-9-11/h5-9H,4H2,1-3H3,(H,24,28). The predicted octanol–water partition coefficient (Wildman–Crippen LogP) is 3.94. The van der Waals surface area contributed by atoms with E-state index in [-0.39, 0.29) is 5.69 Å². The predicted molar refractivity (Wildman–Crippen MR) is 89.2 cm³/mol. The molecule has 0 saturated heterocycles. The fourth-order valence-corrected chi connectivity index (χ4v) is 2.91. The van der Waals surface area contributed by atoms with Crippen LogP contribution in [0.4, 0.5) is 32.0 Å². The van der Waals surface area contributed by atoms with E-state index in [0.29, 0.717) is 12.6 Å². The van der Waals surface area contributed by atoms with Crippen LogP contribution in [0.2, 0.25) is 0 Å². The van der Waals surface area contributed by atoms with Crippen LogP contribution in [0.25, 0.3) is 5.69 Å². The lowest BCUT2D eigenvalue weighted by Crippen LogP contribution is -2.57. The van der Waals surface area contributed by atoms with Gasteiger partial charge in [-0.2, -0.15) is 26.3 Å². The molecule has 1 aromatic heterocycles. The number of carbonyl (C=O) groups excluding carboxylic acids is 1. The van der Waals surface area contributed by atoms with Gasteiger partial charge in [0.15, 0.2) is 0 Å². The quantitative estimate of drug-likeness (QED) is 0.778. The Kier molecular flexibility index (Phi) is 5.41. The third-order valence-corrected chi connectivity index (χ3v) is 4.68. The van der Waals surface area contributed by atoms with E-state index in [1.165, 1.54) is 30.8 Å². The van der Waals surface area contributed by atoms with E-state index >= 15 is 0 Å². The smallest absolute Gasteiger partial charge is 0.319 e. The molecular weight excluding hydrogens is 392 g/mol. The molecule has 0 fully saturated rings. The highest BCUT2D eigenvalue weighted by atomic mass is 19.4. The van der Waals surface area contributed by atoms with Gasteiger partial charge in [0.25, 0.3) is 5.56 Å². The zero-order valence-electron chi connectivity index (χ0n) is 15.1. The van der Waals surface area contributed by atoms with E-state index < -0.39 is 41.3 Å². The van der Waals surface area contributed by atoms with Crippen molar-refractivity contribution in [1.82, 2.24) is 9.36 Å². The number of alkyl halides is 6. The van der Waals surface area contributed by atoms with Crippen LogP contribution in [-0.2, 0) is 11.8 Å². The average Bonchev–Trinajstić information content (AvgIpc) is 2.77. The van der Waals surface area contributed by atoms with E-state index in [1.807, 2.05) is 0 Å². The second kappa shape index (κ2) is 7.02. The average molecular weight is 409 g/mol. The Morgan fingerprint density at radius 1 is 1.04 bits per heavy atom. The molecule has 5 nitrogen and oxygen atoms in total. The lowest BCUT2D eigenvalue weighted by atomic mass is 9.82. The SMILES string of the molecule is CCC(C(=O)Nc1c(C)n(C)n(-c2ccccc2)c1=O)(C(F)(F)F)C(F)(F)F. The number of nitrogens with one attached hydrogen (secondary N) is 1. The number of para-hydroxylation sites is 1. The lowest BCUT2D eigenvalue weighted by molar-refractivity contribution is -0.324. The molecule has 1 N–H and O–H groups in total. The first-order chi connectivity index (χ1) is 12.8. The molecule has 0 aliphatic heterocycles. The Morgan fingerprint density at radius 3 is 1.96 bits per heavy atom. The van der Waals surface area contributed by atoms with Crippen molar-refractivity contribution in [1.29, 1.82) is 0 Å². The summed E-state index contributed by atoms with van der Waals surface area (Å²) in [4.78, 5) is 24.8. The van der Waals surface area contributed by atoms with Gasteiger partial charge < -0.3 is 5.32 Å². The molecule has 11 heteroatoms. The summed E-state index contributed by atoms with van der Waals surface area (Å²) in [6.07, 6.45) is -13.4. The van der Waals surface area contributed by atoms with E-state index in [0.717, 1.165) is 4.68 Å². The molecule has 0 radical (unpaired) electrons. The van der Waals surface area contributed by atoms with Gasteiger partial charge in [0.1, 0.15) is 5.69 Å².